The SMILES string of the molecule is CS(=O)(=O)N1CCC(n2nc3cc(-c4cc(C(N)=O)cc(F)c4CC4CC4)ccn3c2=O)CC1. The number of nitrogens with zero attached hydrogens (tertiary/aromatic N) is 4. The molecule has 1 saturated heterocycles. The van der Waals surface area contributed by atoms with Gasteiger partial charge >= 0.3 is 5.69 Å². The monoisotopic (exact) mass is 487 g/mol. The maximum absolute atomic E-state index is 15.0. The molecule has 1 aliphatic carbocycles. The molecule has 2 aromatic heterocycles. The molecule has 1 aromatic carbocycles. The molecular formula is C23H26FN5O4S. The van der Waals surface area contributed by atoms with Crippen LogP contribution < -0.4 is 11.4 Å². The van der Waals surface area contributed by atoms with Crippen molar-refractivity contribution in [2.75, 3.05) is 19.3 Å². The number of primary amides is 1. The molecule has 34 heavy (non-hydrogen) atoms. The number of benzene rings is 1. The Morgan fingerprint density at radius 2 is 1.88 bits per heavy atom. The van der Waals surface area contributed by atoms with Crippen LogP contribution in [0.5, 0.6) is 0 Å². The molecule has 3 aromatic rings. The number of fused-ring (bicyclic) bond motifs is 1. The van der Waals surface area contributed by atoms with E-state index in [2.05, 4.69) is 5.10 Å². The topological polar surface area (TPSA) is 120 Å². The van der Waals surface area contributed by atoms with E-state index in [4.69, 9.17) is 5.73 Å². The van der Waals surface area contributed by atoms with Crippen molar-refractivity contribution in [2.45, 2.75) is 38.1 Å². The average molecular weight is 488 g/mol. The fourth-order valence-corrected chi connectivity index (χ4v) is 5.54. The van der Waals surface area contributed by atoms with Crippen LogP contribution in [0.4, 0.5) is 4.39 Å². The third-order valence-electron chi connectivity index (χ3n) is 6.77. The summed E-state index contributed by atoms with van der Waals surface area (Å²) in [6.07, 6.45) is 6.42. The minimum atomic E-state index is -3.27. The van der Waals surface area contributed by atoms with E-state index in [0.717, 1.165) is 12.8 Å². The Morgan fingerprint density at radius 3 is 2.50 bits per heavy atom. The van der Waals surface area contributed by atoms with E-state index >= 15 is 0 Å². The fraction of sp³-hybridized carbons (Fsp3) is 0.435. The van der Waals surface area contributed by atoms with Crippen LogP contribution in [0.1, 0.15) is 47.6 Å². The molecule has 3 heterocycles. The molecule has 0 spiro atoms. The Hall–Kier alpha value is -3.05. The standard InChI is InChI=1S/C23H26FN5O4S/c1-34(32,33)27-7-5-17(6-8-27)29-23(31)28-9-4-15(13-21(28)26-29)18-11-16(22(25)30)12-20(24)19(18)10-14-2-3-14/h4,9,11-14,17H,2-3,5-8,10H2,1H3,(H2,25,30). The van der Waals surface area contributed by atoms with Crippen LogP contribution in [-0.4, -0.2) is 52.2 Å². The highest BCUT2D eigenvalue weighted by molar-refractivity contribution is 7.88. The molecule has 2 fully saturated rings. The quantitative estimate of drug-likeness (QED) is 0.570. The lowest BCUT2D eigenvalue weighted by Crippen LogP contribution is -2.40. The molecule has 0 atom stereocenters. The average Bonchev–Trinajstić information content (AvgIpc) is 3.55. The lowest BCUT2D eigenvalue weighted by molar-refractivity contribution is 0.1000. The van der Waals surface area contributed by atoms with E-state index in [0.29, 0.717) is 60.6 Å². The third kappa shape index (κ3) is 4.25. The van der Waals surface area contributed by atoms with Gasteiger partial charge < -0.3 is 5.73 Å². The number of rotatable bonds is 6. The minimum Gasteiger partial charge on any atom is -0.366 e. The van der Waals surface area contributed by atoms with Crippen molar-refractivity contribution in [3.05, 3.63) is 57.9 Å². The predicted molar refractivity (Wildman–Crippen MR) is 124 cm³/mol. The van der Waals surface area contributed by atoms with Crippen molar-refractivity contribution >= 4 is 21.6 Å². The van der Waals surface area contributed by atoms with Crippen molar-refractivity contribution in [1.29, 1.82) is 0 Å². The molecule has 1 aliphatic heterocycles. The summed E-state index contributed by atoms with van der Waals surface area (Å²) < 4.78 is 42.7. The van der Waals surface area contributed by atoms with Crippen molar-refractivity contribution in [1.82, 2.24) is 18.5 Å². The summed E-state index contributed by atoms with van der Waals surface area (Å²) in [5.41, 5.74) is 7.35. The molecule has 11 heteroatoms. The van der Waals surface area contributed by atoms with Gasteiger partial charge in [0.25, 0.3) is 0 Å². The van der Waals surface area contributed by atoms with Crippen LogP contribution in [0.15, 0.2) is 35.3 Å². The van der Waals surface area contributed by atoms with E-state index in [1.54, 1.807) is 24.4 Å². The normalized spacial score (nSPS) is 17.9. The van der Waals surface area contributed by atoms with Gasteiger partial charge in [-0.25, -0.2) is 26.6 Å². The Kier molecular flexibility index (Phi) is 5.56. The number of hydrogen-bond donors (Lipinski definition) is 1. The zero-order valence-electron chi connectivity index (χ0n) is 18.8. The maximum Gasteiger partial charge on any atom is 0.350 e. The zero-order valence-corrected chi connectivity index (χ0v) is 19.6. The molecule has 2 N–H and O–H groups in total. The fourth-order valence-electron chi connectivity index (χ4n) is 4.67. The molecule has 1 amide bonds. The first kappa shape index (κ1) is 22.7. The van der Waals surface area contributed by atoms with Crippen LogP contribution in [0.25, 0.3) is 16.8 Å². The van der Waals surface area contributed by atoms with Crippen molar-refractivity contribution in [3.8, 4) is 11.1 Å². The summed E-state index contributed by atoms with van der Waals surface area (Å²) in [5, 5.41) is 4.51. The Morgan fingerprint density at radius 1 is 1.18 bits per heavy atom. The first-order valence-electron chi connectivity index (χ1n) is 11.3. The molecule has 5 rings (SSSR count). The number of aromatic nitrogens is 3. The smallest absolute Gasteiger partial charge is 0.350 e. The number of piperidine rings is 1. The first-order valence-corrected chi connectivity index (χ1v) is 13.2. The van der Waals surface area contributed by atoms with Crippen LogP contribution in [-0.2, 0) is 16.4 Å². The van der Waals surface area contributed by atoms with Crippen LogP contribution >= 0.6 is 0 Å². The van der Waals surface area contributed by atoms with E-state index in [1.165, 1.54) is 25.7 Å². The van der Waals surface area contributed by atoms with Crippen LogP contribution in [0, 0.1) is 11.7 Å². The number of carbonyl (C=O) groups is 1. The number of nitrogens with two attached hydrogens (primary N) is 1. The Balaban J connectivity index is 1.52. The summed E-state index contributed by atoms with van der Waals surface area (Å²) in [7, 11) is -3.27. The number of carbonyl (C=O) groups excluding carboxylic acids is 1. The second-order valence-electron chi connectivity index (χ2n) is 9.26. The predicted octanol–water partition coefficient (Wildman–Crippen LogP) is 1.95. The van der Waals surface area contributed by atoms with Crippen LogP contribution in [0.2, 0.25) is 0 Å². The summed E-state index contributed by atoms with van der Waals surface area (Å²) in [6.45, 7) is 0.664. The molecule has 0 unspecified atom stereocenters. The van der Waals surface area contributed by atoms with E-state index in [9.17, 15) is 22.4 Å². The molecule has 2 aliphatic rings. The number of halogens is 1. The molecule has 0 radical (unpaired) electrons. The Labute approximate surface area is 196 Å². The van der Waals surface area contributed by atoms with Crippen LogP contribution in [0.3, 0.4) is 0 Å². The summed E-state index contributed by atoms with van der Waals surface area (Å²) >= 11 is 0. The summed E-state index contributed by atoms with van der Waals surface area (Å²) in [5.74, 6) is -0.741. The largest absolute Gasteiger partial charge is 0.366 e. The molecule has 1 saturated carbocycles. The highest BCUT2D eigenvalue weighted by Crippen LogP contribution is 2.37. The van der Waals surface area contributed by atoms with Gasteiger partial charge in [-0.15, -0.1) is 5.10 Å². The molecule has 180 valence electrons. The van der Waals surface area contributed by atoms with Crippen molar-refractivity contribution < 1.29 is 17.6 Å². The summed E-state index contributed by atoms with van der Waals surface area (Å²) in [4.78, 5) is 24.7. The van der Waals surface area contributed by atoms with Gasteiger partial charge in [-0.3, -0.25) is 9.20 Å². The molecular weight excluding hydrogens is 461 g/mol. The maximum atomic E-state index is 15.0. The van der Waals surface area contributed by atoms with Crippen molar-refractivity contribution in [3.63, 3.8) is 0 Å². The van der Waals surface area contributed by atoms with Gasteiger partial charge in [-0.05, 0) is 79.0 Å². The zero-order chi connectivity index (χ0) is 24.2. The number of hydrogen-bond acceptors (Lipinski definition) is 5. The lowest BCUT2D eigenvalue weighted by atomic mass is 9.93. The van der Waals surface area contributed by atoms with Gasteiger partial charge in [0, 0.05) is 24.8 Å². The van der Waals surface area contributed by atoms with Gasteiger partial charge in [0.15, 0.2) is 5.65 Å². The van der Waals surface area contributed by atoms with Gasteiger partial charge in [0.2, 0.25) is 15.9 Å². The summed E-state index contributed by atoms with van der Waals surface area (Å²) in [6, 6.07) is 5.99. The van der Waals surface area contributed by atoms with Gasteiger partial charge in [0.05, 0.1) is 12.3 Å². The number of amides is 1. The third-order valence-corrected chi connectivity index (χ3v) is 8.07. The van der Waals surface area contributed by atoms with Crippen molar-refractivity contribution in [2.24, 2.45) is 11.7 Å². The second-order valence-corrected chi connectivity index (χ2v) is 11.2. The number of sulfonamides is 1. The minimum absolute atomic E-state index is 0.0903. The van der Waals surface area contributed by atoms with E-state index in [1.807, 2.05) is 0 Å². The molecule has 9 nitrogen and oxygen atoms in total. The highest BCUT2D eigenvalue weighted by atomic mass is 32.2. The van der Waals surface area contributed by atoms with Gasteiger partial charge in [-0.1, -0.05) is 0 Å². The molecule has 0 bridgehead atoms. The lowest BCUT2D eigenvalue weighted by Gasteiger charge is -2.29. The highest BCUT2D eigenvalue weighted by Gasteiger charge is 2.29. The number of pyridine rings is 1. The first-order chi connectivity index (χ1) is 16.1. The van der Waals surface area contributed by atoms with Gasteiger partial charge in [0.1, 0.15) is 5.82 Å². The van der Waals surface area contributed by atoms with E-state index in [-0.39, 0.29) is 17.3 Å². The van der Waals surface area contributed by atoms with E-state index < -0.39 is 21.7 Å². The van der Waals surface area contributed by atoms with Gasteiger partial charge in [-0.2, -0.15) is 0 Å². The Bertz CT molecular complexity index is 1450. The second kappa shape index (κ2) is 8.31.